The standard InChI is InChI=1S/C17H24N2O2/c1-11(2)12(3)18-17(20)19(5)13(4)16-10-14-8-6-7-9-15(14)21-16/h6-13H,1-5H3,(H,18,20). The lowest BCUT2D eigenvalue weighted by atomic mass is 10.1. The van der Waals surface area contributed by atoms with Gasteiger partial charge in [0.15, 0.2) is 0 Å². The minimum atomic E-state index is -0.114. The molecule has 2 atom stereocenters. The Kier molecular flexibility index (Phi) is 4.56. The fraction of sp³-hybridized carbons (Fsp3) is 0.471. The van der Waals surface area contributed by atoms with E-state index in [2.05, 4.69) is 19.2 Å². The highest BCUT2D eigenvalue weighted by molar-refractivity contribution is 5.78. The molecule has 21 heavy (non-hydrogen) atoms. The highest BCUT2D eigenvalue weighted by atomic mass is 16.3. The van der Waals surface area contributed by atoms with Crippen LogP contribution in [0, 0.1) is 5.92 Å². The van der Waals surface area contributed by atoms with Crippen LogP contribution in [0.15, 0.2) is 34.7 Å². The molecule has 2 unspecified atom stereocenters. The van der Waals surface area contributed by atoms with E-state index in [1.54, 1.807) is 11.9 Å². The average molecular weight is 288 g/mol. The fourth-order valence-electron chi connectivity index (χ4n) is 2.04. The van der Waals surface area contributed by atoms with E-state index >= 15 is 0 Å². The number of furan rings is 1. The number of nitrogens with one attached hydrogen (secondary N) is 1. The second kappa shape index (κ2) is 6.20. The molecule has 0 aliphatic rings. The van der Waals surface area contributed by atoms with Crippen molar-refractivity contribution >= 4 is 17.0 Å². The van der Waals surface area contributed by atoms with Gasteiger partial charge in [0, 0.05) is 18.5 Å². The third-order valence-corrected chi connectivity index (χ3v) is 4.11. The SMILES string of the molecule is CC(C)C(C)NC(=O)N(C)C(C)c1cc2ccccc2o1. The van der Waals surface area contributed by atoms with E-state index < -0.39 is 0 Å². The van der Waals surface area contributed by atoms with E-state index in [0.717, 1.165) is 16.7 Å². The topological polar surface area (TPSA) is 45.5 Å². The van der Waals surface area contributed by atoms with Crippen LogP contribution in [-0.4, -0.2) is 24.0 Å². The van der Waals surface area contributed by atoms with Crippen molar-refractivity contribution in [2.45, 2.75) is 39.8 Å². The minimum Gasteiger partial charge on any atom is -0.459 e. The van der Waals surface area contributed by atoms with Crippen LogP contribution in [0.25, 0.3) is 11.0 Å². The van der Waals surface area contributed by atoms with Gasteiger partial charge in [-0.2, -0.15) is 0 Å². The summed E-state index contributed by atoms with van der Waals surface area (Å²) < 4.78 is 5.83. The van der Waals surface area contributed by atoms with E-state index in [1.807, 2.05) is 44.2 Å². The lowest BCUT2D eigenvalue weighted by Gasteiger charge is -2.27. The second-order valence-corrected chi connectivity index (χ2v) is 5.96. The summed E-state index contributed by atoms with van der Waals surface area (Å²) in [7, 11) is 1.79. The lowest BCUT2D eigenvalue weighted by molar-refractivity contribution is 0.182. The molecule has 1 heterocycles. The Morgan fingerprint density at radius 3 is 2.48 bits per heavy atom. The number of benzene rings is 1. The predicted octanol–water partition coefficient (Wildman–Crippen LogP) is 4.18. The van der Waals surface area contributed by atoms with Crippen molar-refractivity contribution in [1.82, 2.24) is 10.2 Å². The average Bonchev–Trinajstić information content (AvgIpc) is 2.89. The molecule has 4 heteroatoms. The number of carbonyl (C=O) groups is 1. The van der Waals surface area contributed by atoms with Crippen LogP contribution in [-0.2, 0) is 0 Å². The van der Waals surface area contributed by atoms with E-state index in [0.29, 0.717) is 5.92 Å². The molecule has 0 radical (unpaired) electrons. The molecule has 114 valence electrons. The van der Waals surface area contributed by atoms with Gasteiger partial charge in [-0.05, 0) is 31.9 Å². The van der Waals surface area contributed by atoms with Crippen molar-refractivity contribution in [2.24, 2.45) is 5.92 Å². The van der Waals surface area contributed by atoms with Gasteiger partial charge in [-0.25, -0.2) is 4.79 Å². The quantitative estimate of drug-likeness (QED) is 0.917. The van der Waals surface area contributed by atoms with Crippen LogP contribution in [0.5, 0.6) is 0 Å². The van der Waals surface area contributed by atoms with Crippen molar-refractivity contribution in [2.75, 3.05) is 7.05 Å². The number of hydrogen-bond acceptors (Lipinski definition) is 2. The van der Waals surface area contributed by atoms with Crippen molar-refractivity contribution in [3.05, 3.63) is 36.1 Å². The smallest absolute Gasteiger partial charge is 0.317 e. The highest BCUT2D eigenvalue weighted by Crippen LogP contribution is 2.26. The van der Waals surface area contributed by atoms with Crippen LogP contribution in [0.4, 0.5) is 4.79 Å². The summed E-state index contributed by atoms with van der Waals surface area (Å²) in [4.78, 5) is 13.9. The van der Waals surface area contributed by atoms with E-state index in [4.69, 9.17) is 4.42 Å². The van der Waals surface area contributed by atoms with Gasteiger partial charge in [-0.15, -0.1) is 0 Å². The third kappa shape index (κ3) is 3.38. The molecule has 0 saturated heterocycles. The van der Waals surface area contributed by atoms with E-state index in [1.165, 1.54) is 0 Å². The molecule has 4 nitrogen and oxygen atoms in total. The Morgan fingerprint density at radius 2 is 1.86 bits per heavy atom. The largest absolute Gasteiger partial charge is 0.459 e. The summed E-state index contributed by atoms with van der Waals surface area (Å²) in [5.41, 5.74) is 0.851. The molecule has 1 aromatic carbocycles. The minimum absolute atomic E-state index is 0.0795. The van der Waals surface area contributed by atoms with Crippen molar-refractivity contribution in [1.29, 1.82) is 0 Å². The first-order valence-electron chi connectivity index (χ1n) is 7.42. The van der Waals surface area contributed by atoms with Gasteiger partial charge < -0.3 is 14.6 Å². The maximum atomic E-state index is 12.3. The first-order valence-corrected chi connectivity index (χ1v) is 7.42. The normalized spacial score (nSPS) is 14.2. The molecule has 1 N–H and O–H groups in total. The number of amides is 2. The maximum absolute atomic E-state index is 12.3. The van der Waals surface area contributed by atoms with Crippen molar-refractivity contribution in [3.8, 4) is 0 Å². The Hall–Kier alpha value is -1.97. The Morgan fingerprint density at radius 1 is 1.19 bits per heavy atom. The number of rotatable bonds is 4. The summed E-state index contributed by atoms with van der Waals surface area (Å²) in [5.74, 6) is 1.20. The van der Waals surface area contributed by atoms with E-state index in [-0.39, 0.29) is 18.1 Å². The molecular formula is C17H24N2O2. The number of para-hydroxylation sites is 1. The number of fused-ring (bicyclic) bond motifs is 1. The Bertz CT molecular complexity index is 585. The summed E-state index contributed by atoms with van der Waals surface area (Å²) in [6.45, 7) is 8.17. The molecule has 0 aliphatic carbocycles. The van der Waals surface area contributed by atoms with Gasteiger partial charge in [0.1, 0.15) is 11.3 Å². The maximum Gasteiger partial charge on any atom is 0.317 e. The zero-order chi connectivity index (χ0) is 15.6. The molecule has 0 bridgehead atoms. The summed E-state index contributed by atoms with van der Waals surface area (Å²) >= 11 is 0. The molecule has 1 aromatic heterocycles. The molecular weight excluding hydrogens is 264 g/mol. The summed E-state index contributed by atoms with van der Waals surface area (Å²) in [6.07, 6.45) is 0. The number of urea groups is 1. The molecule has 0 aliphatic heterocycles. The van der Waals surface area contributed by atoms with Crippen molar-refractivity contribution < 1.29 is 9.21 Å². The van der Waals surface area contributed by atoms with E-state index in [9.17, 15) is 4.79 Å². The molecule has 2 aromatic rings. The van der Waals surface area contributed by atoms with Crippen LogP contribution < -0.4 is 5.32 Å². The van der Waals surface area contributed by atoms with Crippen LogP contribution in [0.2, 0.25) is 0 Å². The molecule has 0 fully saturated rings. The zero-order valence-corrected chi connectivity index (χ0v) is 13.4. The Balaban J connectivity index is 2.11. The van der Waals surface area contributed by atoms with Crippen molar-refractivity contribution in [3.63, 3.8) is 0 Å². The first kappa shape index (κ1) is 15.4. The van der Waals surface area contributed by atoms with Crippen LogP contribution in [0.3, 0.4) is 0 Å². The number of carbonyl (C=O) groups excluding carboxylic acids is 1. The predicted molar refractivity (Wildman–Crippen MR) is 85.2 cm³/mol. The van der Waals surface area contributed by atoms with Gasteiger partial charge in [0.05, 0.1) is 6.04 Å². The van der Waals surface area contributed by atoms with Gasteiger partial charge >= 0.3 is 6.03 Å². The summed E-state index contributed by atoms with van der Waals surface area (Å²) in [6, 6.07) is 9.82. The Labute approximate surface area is 126 Å². The number of hydrogen-bond donors (Lipinski definition) is 1. The van der Waals surface area contributed by atoms with Gasteiger partial charge in [0.25, 0.3) is 0 Å². The molecule has 2 amide bonds. The zero-order valence-electron chi connectivity index (χ0n) is 13.4. The second-order valence-electron chi connectivity index (χ2n) is 5.96. The van der Waals surface area contributed by atoms with Crippen LogP contribution in [0.1, 0.15) is 39.5 Å². The highest BCUT2D eigenvalue weighted by Gasteiger charge is 2.22. The first-order chi connectivity index (χ1) is 9.90. The number of nitrogens with zero attached hydrogens (tertiary/aromatic N) is 1. The van der Waals surface area contributed by atoms with Gasteiger partial charge in [0.2, 0.25) is 0 Å². The monoisotopic (exact) mass is 288 g/mol. The van der Waals surface area contributed by atoms with Gasteiger partial charge in [-0.3, -0.25) is 0 Å². The lowest BCUT2D eigenvalue weighted by Crippen LogP contribution is -2.44. The third-order valence-electron chi connectivity index (χ3n) is 4.11. The van der Waals surface area contributed by atoms with Crippen LogP contribution >= 0.6 is 0 Å². The fourth-order valence-corrected chi connectivity index (χ4v) is 2.04. The molecule has 0 saturated carbocycles. The molecule has 0 spiro atoms. The molecule has 2 rings (SSSR count). The van der Waals surface area contributed by atoms with Gasteiger partial charge in [-0.1, -0.05) is 32.0 Å². The summed E-state index contributed by atoms with van der Waals surface area (Å²) in [5, 5.41) is 4.07.